The zero-order valence-corrected chi connectivity index (χ0v) is 22.8. The van der Waals surface area contributed by atoms with Crippen LogP contribution in [0, 0.1) is 0 Å². The van der Waals surface area contributed by atoms with Crippen LogP contribution in [0.3, 0.4) is 0 Å². The number of likely N-dealkylation sites (N-methyl/N-ethyl adjacent to an activating group) is 1. The van der Waals surface area contributed by atoms with Crippen molar-refractivity contribution in [3.8, 4) is 5.75 Å². The van der Waals surface area contributed by atoms with E-state index >= 15 is 0 Å². The van der Waals surface area contributed by atoms with Crippen LogP contribution < -0.4 is 21.1 Å². The van der Waals surface area contributed by atoms with Gasteiger partial charge in [-0.1, -0.05) is 23.7 Å². The van der Waals surface area contributed by atoms with Gasteiger partial charge in [-0.05, 0) is 30.3 Å². The van der Waals surface area contributed by atoms with E-state index in [9.17, 15) is 9.90 Å². The fraction of sp³-hybridized carbons (Fsp3) is 0.269. The molecule has 206 valence electrons. The van der Waals surface area contributed by atoms with Crippen molar-refractivity contribution in [3.63, 3.8) is 0 Å². The van der Waals surface area contributed by atoms with Gasteiger partial charge < -0.3 is 30.9 Å². The number of hydrogen-bond acceptors (Lipinski definition) is 11. The van der Waals surface area contributed by atoms with E-state index < -0.39 is 30.4 Å². The number of aliphatic hydroxyl groups is 1. The van der Waals surface area contributed by atoms with Gasteiger partial charge >= 0.3 is 0 Å². The molecule has 0 aliphatic carbocycles. The standard InChI is InChI=1S/C26H25ClN8O4S/c1-29-25(37)22-19(28)21(36)26(39-22)35-12-33-20-23(31-11-32-24(20)35)30-9-13-8-14(27)6-7-16(13)38-10-18-34-15-4-2-3-5-17(15)40-18/h2-8,11-12,19,21-22,26,36H,9-10,28H2,1H3,(H,29,37)(H,30,31,32)/t19-,21+,22-,26+/m0/s1. The third-order valence-corrected chi connectivity index (χ3v) is 7.86. The summed E-state index contributed by atoms with van der Waals surface area (Å²) in [5.41, 5.74) is 8.66. The third kappa shape index (κ3) is 4.93. The summed E-state index contributed by atoms with van der Waals surface area (Å²) in [4.78, 5) is 29.9. The van der Waals surface area contributed by atoms with Crippen molar-refractivity contribution < 1.29 is 19.4 Å². The summed E-state index contributed by atoms with van der Waals surface area (Å²) in [7, 11) is 1.48. The molecule has 5 N–H and O–H groups in total. The molecule has 1 fully saturated rings. The van der Waals surface area contributed by atoms with Crippen LogP contribution in [0.4, 0.5) is 5.82 Å². The number of halogens is 1. The molecule has 1 aliphatic heterocycles. The first kappa shape index (κ1) is 26.3. The molecule has 12 nitrogen and oxygen atoms in total. The molecule has 0 spiro atoms. The Hall–Kier alpha value is -3.88. The van der Waals surface area contributed by atoms with Crippen molar-refractivity contribution in [1.29, 1.82) is 0 Å². The highest BCUT2D eigenvalue weighted by Gasteiger charge is 2.46. The van der Waals surface area contributed by atoms with Gasteiger partial charge in [-0.25, -0.2) is 19.9 Å². The number of carbonyl (C=O) groups is 1. The summed E-state index contributed by atoms with van der Waals surface area (Å²) in [5.74, 6) is 0.697. The van der Waals surface area contributed by atoms with Crippen molar-refractivity contribution in [1.82, 2.24) is 29.8 Å². The molecule has 6 rings (SSSR count). The minimum Gasteiger partial charge on any atom is -0.486 e. The SMILES string of the molecule is CNC(=O)[C@H]1O[C@@H](n2cnc3c(NCc4cc(Cl)ccc4OCc4nc5ccccc5s4)ncnc32)[C@H](O)[C@@H]1N. The molecule has 0 radical (unpaired) electrons. The fourth-order valence-corrected chi connectivity index (χ4v) is 5.67. The third-order valence-electron chi connectivity index (χ3n) is 6.62. The molecule has 2 aromatic carbocycles. The summed E-state index contributed by atoms with van der Waals surface area (Å²) >= 11 is 7.89. The molecule has 14 heteroatoms. The van der Waals surface area contributed by atoms with Crippen LogP contribution in [-0.4, -0.2) is 60.8 Å². The van der Waals surface area contributed by atoms with Gasteiger partial charge in [0.25, 0.3) is 5.91 Å². The number of amides is 1. The van der Waals surface area contributed by atoms with E-state index in [2.05, 4.69) is 30.6 Å². The number of para-hydroxylation sites is 1. The van der Waals surface area contributed by atoms with Crippen molar-refractivity contribution in [3.05, 3.63) is 70.7 Å². The zero-order chi connectivity index (χ0) is 27.8. The van der Waals surface area contributed by atoms with Gasteiger partial charge in [0.15, 0.2) is 29.3 Å². The number of rotatable bonds is 8. The van der Waals surface area contributed by atoms with Crippen LogP contribution in [0.1, 0.15) is 16.8 Å². The first-order chi connectivity index (χ1) is 19.4. The van der Waals surface area contributed by atoms with E-state index in [1.54, 1.807) is 22.0 Å². The van der Waals surface area contributed by atoms with E-state index in [1.165, 1.54) is 19.7 Å². The number of nitrogens with two attached hydrogens (primary N) is 1. The fourth-order valence-electron chi connectivity index (χ4n) is 4.59. The van der Waals surface area contributed by atoms with Crippen LogP contribution >= 0.6 is 22.9 Å². The Kier molecular flexibility index (Phi) is 7.21. The van der Waals surface area contributed by atoms with Crippen molar-refractivity contribution in [2.24, 2.45) is 5.73 Å². The molecule has 4 atom stereocenters. The van der Waals surface area contributed by atoms with Crippen molar-refractivity contribution in [2.45, 2.75) is 37.6 Å². The number of nitrogens with one attached hydrogen (secondary N) is 2. The quantitative estimate of drug-likeness (QED) is 0.214. The Balaban J connectivity index is 1.20. The topological polar surface area (TPSA) is 162 Å². The number of anilines is 1. The lowest BCUT2D eigenvalue weighted by Crippen LogP contribution is -2.46. The molecule has 40 heavy (non-hydrogen) atoms. The number of fused-ring (bicyclic) bond motifs is 2. The summed E-state index contributed by atoms with van der Waals surface area (Å²) in [5, 5.41) is 17.9. The van der Waals surface area contributed by atoms with Crippen molar-refractivity contribution in [2.75, 3.05) is 12.4 Å². The largest absolute Gasteiger partial charge is 0.486 e. The molecule has 3 aromatic heterocycles. The van der Waals surface area contributed by atoms with Crippen LogP contribution in [0.25, 0.3) is 21.4 Å². The average molecular weight is 581 g/mol. The minimum atomic E-state index is -1.15. The van der Waals surface area contributed by atoms with E-state index in [1.807, 2.05) is 36.4 Å². The second-order valence-corrected chi connectivity index (χ2v) is 10.7. The Morgan fingerprint density at radius 3 is 2.92 bits per heavy atom. The van der Waals surface area contributed by atoms with Gasteiger partial charge in [0.2, 0.25) is 0 Å². The summed E-state index contributed by atoms with van der Waals surface area (Å²) in [6, 6.07) is 12.5. The normalized spacial score (nSPS) is 20.7. The van der Waals surface area contributed by atoms with Gasteiger partial charge in [-0.3, -0.25) is 9.36 Å². The molecule has 1 aliphatic rings. The number of carbonyl (C=O) groups excluding carboxylic acids is 1. The predicted octanol–water partition coefficient (Wildman–Crippen LogP) is 2.61. The number of aromatic nitrogens is 5. The number of imidazole rings is 1. The number of ether oxygens (including phenoxy) is 2. The molecule has 4 heterocycles. The molecule has 1 amide bonds. The number of thiazole rings is 1. The smallest absolute Gasteiger partial charge is 0.250 e. The summed E-state index contributed by atoms with van der Waals surface area (Å²) in [6.45, 7) is 0.653. The van der Waals surface area contributed by atoms with E-state index in [0.717, 1.165) is 20.8 Å². The van der Waals surface area contributed by atoms with Crippen LogP contribution in [0.2, 0.25) is 5.02 Å². The highest BCUT2D eigenvalue weighted by Crippen LogP contribution is 2.32. The number of nitrogens with zero attached hydrogens (tertiary/aromatic N) is 5. The maximum Gasteiger partial charge on any atom is 0.250 e. The first-order valence-electron chi connectivity index (χ1n) is 12.4. The van der Waals surface area contributed by atoms with Gasteiger partial charge in [0.05, 0.1) is 22.6 Å². The van der Waals surface area contributed by atoms with Gasteiger partial charge in [-0.15, -0.1) is 11.3 Å². The number of benzene rings is 2. The lowest BCUT2D eigenvalue weighted by atomic mass is 10.1. The Bertz CT molecular complexity index is 1660. The predicted molar refractivity (Wildman–Crippen MR) is 150 cm³/mol. The Morgan fingerprint density at radius 2 is 2.10 bits per heavy atom. The van der Waals surface area contributed by atoms with E-state index in [0.29, 0.717) is 40.9 Å². The number of hydrogen-bond donors (Lipinski definition) is 4. The van der Waals surface area contributed by atoms with Gasteiger partial charge in [-0.2, -0.15) is 0 Å². The van der Waals surface area contributed by atoms with Crippen molar-refractivity contribution >= 4 is 56.0 Å². The minimum absolute atomic E-state index is 0.318. The van der Waals surface area contributed by atoms with E-state index in [-0.39, 0.29) is 0 Å². The highest BCUT2D eigenvalue weighted by atomic mass is 35.5. The maximum absolute atomic E-state index is 12.1. The van der Waals surface area contributed by atoms with Gasteiger partial charge in [0, 0.05) is 24.2 Å². The van der Waals surface area contributed by atoms with E-state index in [4.69, 9.17) is 26.8 Å². The first-order valence-corrected chi connectivity index (χ1v) is 13.6. The van der Waals surface area contributed by atoms with Crippen LogP contribution in [0.5, 0.6) is 5.75 Å². The molecule has 5 aromatic rings. The van der Waals surface area contributed by atoms with Crippen LogP contribution in [-0.2, 0) is 22.7 Å². The highest BCUT2D eigenvalue weighted by molar-refractivity contribution is 7.18. The molecule has 0 unspecified atom stereocenters. The monoisotopic (exact) mass is 580 g/mol. The second kappa shape index (κ2) is 10.9. The molecular weight excluding hydrogens is 556 g/mol. The Morgan fingerprint density at radius 1 is 1.25 bits per heavy atom. The molecule has 1 saturated heterocycles. The molecule has 0 saturated carbocycles. The van der Waals surface area contributed by atoms with Gasteiger partial charge in [0.1, 0.15) is 29.8 Å². The maximum atomic E-state index is 12.1. The lowest BCUT2D eigenvalue weighted by molar-refractivity contribution is -0.134. The average Bonchev–Trinajstić information content (AvgIpc) is 3.66. The summed E-state index contributed by atoms with van der Waals surface area (Å²) in [6.07, 6.45) is -0.245. The number of aliphatic hydroxyl groups excluding tert-OH is 1. The Labute approximate surface area is 237 Å². The zero-order valence-electron chi connectivity index (χ0n) is 21.2. The van der Waals surface area contributed by atoms with Crippen LogP contribution in [0.15, 0.2) is 55.1 Å². The molecule has 0 bridgehead atoms. The lowest BCUT2D eigenvalue weighted by Gasteiger charge is -2.17. The molecular formula is C26H25ClN8O4S. The second-order valence-electron chi connectivity index (χ2n) is 9.15. The summed E-state index contributed by atoms with van der Waals surface area (Å²) < 4.78 is 14.6.